The van der Waals surface area contributed by atoms with Crippen molar-refractivity contribution in [3.63, 3.8) is 0 Å². The first-order valence-electron chi connectivity index (χ1n) is 19.3. The van der Waals surface area contributed by atoms with Gasteiger partial charge in [0.25, 0.3) is 0 Å². The number of ether oxygens (including phenoxy) is 1. The number of amidine groups is 1. The lowest BCUT2D eigenvalue weighted by Crippen LogP contribution is -2.51. The van der Waals surface area contributed by atoms with Gasteiger partial charge >= 0.3 is 6.09 Å². The van der Waals surface area contributed by atoms with Crippen LogP contribution in [0.15, 0.2) is 65.9 Å². The van der Waals surface area contributed by atoms with Crippen LogP contribution in [0.5, 0.6) is 0 Å². The first-order valence-corrected chi connectivity index (χ1v) is 20.3. The number of amides is 3. The number of aliphatic imine (C=N–C) groups is 1. The largest absolute Gasteiger partial charge is 0.453 e. The van der Waals surface area contributed by atoms with Crippen LogP contribution in [0.25, 0.3) is 33.6 Å². The number of likely N-dealkylation sites (tertiary alicyclic amines) is 2. The fourth-order valence-corrected chi connectivity index (χ4v) is 8.51. The number of H-pyrrole nitrogens is 2. The Morgan fingerprint density at radius 3 is 1.65 bits per heavy atom. The van der Waals surface area contributed by atoms with Crippen molar-refractivity contribution in [1.82, 2.24) is 40.4 Å². The molecule has 13 nitrogen and oxygen atoms in total. The molecule has 3 aliphatic rings. The van der Waals surface area contributed by atoms with Crippen molar-refractivity contribution in [2.75, 3.05) is 32.5 Å². The molecule has 2 fully saturated rings. The van der Waals surface area contributed by atoms with E-state index in [-0.39, 0.29) is 41.8 Å². The number of alkyl carbamates (subject to hydrolysis) is 1. The lowest BCUT2D eigenvalue weighted by molar-refractivity contribution is -0.136. The summed E-state index contributed by atoms with van der Waals surface area (Å²) >= 11 is 1.68. The minimum absolute atomic E-state index is 0.0848. The number of carbonyl (C=O) groups excluding carboxylic acids is 3. The zero-order chi connectivity index (χ0) is 38.6. The molecule has 0 radical (unpaired) electrons. The molecule has 7 rings (SSSR count). The summed E-state index contributed by atoms with van der Waals surface area (Å²) in [6, 6.07) is 15.5. The van der Waals surface area contributed by atoms with Crippen LogP contribution in [0.2, 0.25) is 0 Å². The highest BCUT2D eigenvalue weighted by atomic mass is 32.2. The number of methoxy groups -OCH3 is 1. The molecule has 5 heterocycles. The first-order chi connectivity index (χ1) is 26.6. The maximum Gasteiger partial charge on any atom is 0.407 e. The lowest BCUT2D eigenvalue weighted by atomic mass is 10.0. The SMILES string of the molecule is COC(=O)NC(C(=O)N1CCC[C@H]1c1ncc(-c2ccc(-c3ccc(-c4cnc([C@@H]5CCCN5C(=O)[C@@H](NC5=NCCS5)C(C)C)[nH]4)cc3)cc2)[nH]1)C(C)C. The maximum absolute atomic E-state index is 13.8. The van der Waals surface area contributed by atoms with Crippen molar-refractivity contribution in [2.24, 2.45) is 16.8 Å². The molecular weight excluding hydrogens is 715 g/mol. The third-order valence-electron chi connectivity index (χ3n) is 10.8. The standard InChI is InChI=1S/C41H51N9O4S/c1-24(2)34(47-40-42-18-21-55-40)38(51)49-19-6-8-32(49)36-43-22-30(45-36)28-14-10-26(11-15-28)27-12-16-29(17-13-27)31-23-44-37(46-31)33-9-7-20-50(33)39(52)35(25(3)4)48-41(53)54-5/h10-17,22-25,32-35H,6-9,18-21H2,1-5H3,(H,42,47)(H,43,45)(H,44,46)(H,48,53)/t32-,33-,34-,35?/m0/s1. The average molecular weight is 766 g/mol. The Morgan fingerprint density at radius 1 is 0.745 bits per heavy atom. The molecule has 1 unspecified atom stereocenters. The molecule has 3 amide bonds. The predicted molar refractivity (Wildman–Crippen MR) is 215 cm³/mol. The van der Waals surface area contributed by atoms with Crippen LogP contribution in [-0.2, 0) is 14.3 Å². The lowest BCUT2D eigenvalue weighted by Gasteiger charge is -2.30. The fraction of sp³-hybridized carbons (Fsp3) is 0.463. The molecule has 4 N–H and O–H groups in total. The molecule has 14 heteroatoms. The van der Waals surface area contributed by atoms with Gasteiger partial charge in [0.2, 0.25) is 11.8 Å². The van der Waals surface area contributed by atoms with Crippen LogP contribution < -0.4 is 10.6 Å². The summed E-state index contributed by atoms with van der Waals surface area (Å²) in [4.78, 5) is 64.0. The molecule has 4 atom stereocenters. The van der Waals surface area contributed by atoms with E-state index in [2.05, 4.69) is 93.0 Å². The Kier molecular flexibility index (Phi) is 11.6. The van der Waals surface area contributed by atoms with Gasteiger partial charge < -0.3 is 35.1 Å². The Morgan fingerprint density at radius 2 is 1.22 bits per heavy atom. The van der Waals surface area contributed by atoms with Gasteiger partial charge in [-0.25, -0.2) is 14.8 Å². The molecule has 0 aliphatic carbocycles. The van der Waals surface area contributed by atoms with E-state index in [1.54, 1.807) is 11.8 Å². The zero-order valence-corrected chi connectivity index (χ0v) is 33.0. The summed E-state index contributed by atoms with van der Waals surface area (Å²) < 4.78 is 4.76. The summed E-state index contributed by atoms with van der Waals surface area (Å²) in [5.74, 6) is 2.52. The maximum atomic E-state index is 13.8. The van der Waals surface area contributed by atoms with Crippen LogP contribution in [0, 0.1) is 11.8 Å². The van der Waals surface area contributed by atoms with Crippen molar-refractivity contribution in [3.8, 4) is 33.6 Å². The minimum Gasteiger partial charge on any atom is -0.453 e. The highest BCUT2D eigenvalue weighted by Crippen LogP contribution is 2.35. The second-order valence-electron chi connectivity index (χ2n) is 15.2. The zero-order valence-electron chi connectivity index (χ0n) is 32.2. The number of aromatic nitrogens is 4. The van der Waals surface area contributed by atoms with Gasteiger partial charge in [-0.2, -0.15) is 0 Å². The van der Waals surface area contributed by atoms with E-state index < -0.39 is 12.1 Å². The van der Waals surface area contributed by atoms with Gasteiger partial charge in [-0.1, -0.05) is 88.0 Å². The monoisotopic (exact) mass is 765 g/mol. The fourth-order valence-electron chi connectivity index (χ4n) is 7.75. The Hall–Kier alpha value is -5.11. The third kappa shape index (κ3) is 8.29. The molecule has 3 aliphatic heterocycles. The van der Waals surface area contributed by atoms with Gasteiger partial charge in [-0.3, -0.25) is 14.6 Å². The number of carbonyl (C=O) groups is 3. The van der Waals surface area contributed by atoms with E-state index in [0.29, 0.717) is 6.54 Å². The average Bonchev–Trinajstić information content (AvgIpc) is 4.05. The highest BCUT2D eigenvalue weighted by molar-refractivity contribution is 8.14. The number of nitrogens with one attached hydrogen (secondary N) is 4. The minimum atomic E-state index is -0.677. The normalized spacial score (nSPS) is 19.5. The summed E-state index contributed by atoms with van der Waals surface area (Å²) in [5.41, 5.74) is 5.99. The van der Waals surface area contributed by atoms with Crippen LogP contribution >= 0.6 is 11.8 Å². The van der Waals surface area contributed by atoms with Crippen molar-refractivity contribution in [2.45, 2.75) is 77.5 Å². The van der Waals surface area contributed by atoms with Gasteiger partial charge in [-0.05, 0) is 59.8 Å². The first kappa shape index (κ1) is 38.2. The molecule has 2 saturated heterocycles. The van der Waals surface area contributed by atoms with Crippen LogP contribution in [-0.4, -0.2) is 97.4 Å². The second-order valence-corrected chi connectivity index (χ2v) is 16.2. The molecule has 0 spiro atoms. The summed E-state index contributed by atoms with van der Waals surface area (Å²) in [6.07, 6.45) is 6.54. The molecule has 0 bridgehead atoms. The Balaban J connectivity index is 0.994. The number of hydrogen-bond acceptors (Lipinski definition) is 9. The van der Waals surface area contributed by atoms with Gasteiger partial charge in [0.15, 0.2) is 5.17 Å². The smallest absolute Gasteiger partial charge is 0.407 e. The van der Waals surface area contributed by atoms with Gasteiger partial charge in [0.05, 0.1) is 49.5 Å². The van der Waals surface area contributed by atoms with E-state index in [1.807, 2.05) is 36.0 Å². The summed E-state index contributed by atoms with van der Waals surface area (Å²) in [5, 5.41) is 6.98. The number of aromatic amines is 2. The molecule has 0 saturated carbocycles. The number of hydrogen-bond donors (Lipinski definition) is 4. The van der Waals surface area contributed by atoms with Gasteiger partial charge in [-0.15, -0.1) is 0 Å². The highest BCUT2D eigenvalue weighted by Gasteiger charge is 2.39. The van der Waals surface area contributed by atoms with Gasteiger partial charge in [0, 0.05) is 18.8 Å². The molecular formula is C41H51N9O4S. The van der Waals surface area contributed by atoms with Crippen LogP contribution in [0.1, 0.15) is 77.1 Å². The van der Waals surface area contributed by atoms with E-state index >= 15 is 0 Å². The Bertz CT molecular complexity index is 2010. The van der Waals surface area contributed by atoms with E-state index in [0.717, 1.165) is 95.0 Å². The number of nitrogens with zero attached hydrogens (tertiary/aromatic N) is 5. The number of imidazole rings is 2. The van der Waals surface area contributed by atoms with Crippen molar-refractivity contribution in [3.05, 3.63) is 72.6 Å². The van der Waals surface area contributed by atoms with Crippen LogP contribution in [0.4, 0.5) is 4.79 Å². The predicted octanol–water partition coefficient (Wildman–Crippen LogP) is 6.56. The van der Waals surface area contributed by atoms with Crippen LogP contribution in [0.3, 0.4) is 0 Å². The third-order valence-corrected chi connectivity index (χ3v) is 11.7. The molecule has 2 aromatic carbocycles. The van der Waals surface area contributed by atoms with E-state index in [9.17, 15) is 14.4 Å². The molecule has 290 valence electrons. The molecule has 4 aromatic rings. The van der Waals surface area contributed by atoms with Crippen molar-refractivity contribution >= 4 is 34.8 Å². The molecule has 55 heavy (non-hydrogen) atoms. The van der Waals surface area contributed by atoms with E-state index in [1.165, 1.54) is 7.11 Å². The Labute approximate surface area is 326 Å². The van der Waals surface area contributed by atoms with E-state index in [4.69, 9.17) is 9.72 Å². The van der Waals surface area contributed by atoms with Crippen molar-refractivity contribution < 1.29 is 19.1 Å². The van der Waals surface area contributed by atoms with Crippen molar-refractivity contribution in [1.29, 1.82) is 0 Å². The topological polar surface area (TPSA) is 161 Å². The second kappa shape index (κ2) is 16.7. The summed E-state index contributed by atoms with van der Waals surface area (Å²) in [7, 11) is 1.30. The summed E-state index contributed by atoms with van der Waals surface area (Å²) in [6.45, 7) is 10.1. The number of rotatable bonds is 11. The van der Waals surface area contributed by atoms with Gasteiger partial charge in [0.1, 0.15) is 23.7 Å². The number of thioether (sulfide) groups is 1. The quantitative estimate of drug-likeness (QED) is 0.134. The molecule has 2 aromatic heterocycles. The number of benzene rings is 2.